The lowest BCUT2D eigenvalue weighted by molar-refractivity contribution is -0.117. The van der Waals surface area contributed by atoms with Gasteiger partial charge in [-0.2, -0.15) is 0 Å². The number of hydrogen-bond acceptors (Lipinski definition) is 3. The van der Waals surface area contributed by atoms with Crippen molar-refractivity contribution < 1.29 is 9.59 Å². The van der Waals surface area contributed by atoms with Crippen molar-refractivity contribution in [3.05, 3.63) is 29.8 Å². The first-order valence-electron chi connectivity index (χ1n) is 6.10. The Morgan fingerprint density at radius 2 is 2.05 bits per heavy atom. The van der Waals surface area contributed by atoms with Crippen molar-refractivity contribution in [2.24, 2.45) is 11.7 Å². The number of hydrogen-bond donors (Lipinski definition) is 3. The number of amides is 2. The summed E-state index contributed by atoms with van der Waals surface area (Å²) in [5.74, 6) is 0.0113. The molecule has 4 N–H and O–H groups in total. The first-order chi connectivity index (χ1) is 8.70. The van der Waals surface area contributed by atoms with Crippen molar-refractivity contribution in [3.63, 3.8) is 0 Å². The summed E-state index contributed by atoms with van der Waals surface area (Å²) in [6, 6.07) is 6.91. The zero-order chi connectivity index (χ0) is 13.0. The molecule has 0 aliphatic heterocycles. The molecule has 1 saturated carbocycles. The molecule has 0 saturated heterocycles. The van der Waals surface area contributed by atoms with Crippen molar-refractivity contribution in [1.82, 2.24) is 5.32 Å². The first kappa shape index (κ1) is 15.5. The van der Waals surface area contributed by atoms with E-state index in [2.05, 4.69) is 10.6 Å². The Balaban J connectivity index is 0.00000180. The summed E-state index contributed by atoms with van der Waals surface area (Å²) in [5, 5.41) is 5.50. The number of anilines is 1. The molecular weight excluding hydrogens is 266 g/mol. The minimum absolute atomic E-state index is 0. The van der Waals surface area contributed by atoms with Crippen molar-refractivity contribution in [3.8, 4) is 0 Å². The molecule has 19 heavy (non-hydrogen) atoms. The van der Waals surface area contributed by atoms with Crippen LogP contribution in [0, 0.1) is 5.92 Å². The van der Waals surface area contributed by atoms with Gasteiger partial charge in [0.25, 0.3) is 5.91 Å². The van der Waals surface area contributed by atoms with Gasteiger partial charge in [-0.15, -0.1) is 12.4 Å². The zero-order valence-electron chi connectivity index (χ0n) is 10.5. The molecule has 104 valence electrons. The lowest BCUT2D eigenvalue weighted by atomic mass is 10.2. The van der Waals surface area contributed by atoms with E-state index in [1.807, 2.05) is 0 Å². The minimum Gasteiger partial charge on any atom is -0.351 e. The Labute approximate surface area is 118 Å². The van der Waals surface area contributed by atoms with Crippen LogP contribution in [0.2, 0.25) is 0 Å². The van der Waals surface area contributed by atoms with Gasteiger partial charge in [0.2, 0.25) is 5.91 Å². The van der Waals surface area contributed by atoms with Crippen LogP contribution in [0.5, 0.6) is 0 Å². The normalized spacial score (nSPS) is 13.3. The zero-order valence-corrected chi connectivity index (χ0v) is 11.3. The SMILES string of the molecule is Cl.NCCNC(=O)c1cccc(NC(=O)C2CC2)c1. The fourth-order valence-electron chi connectivity index (χ4n) is 1.62. The maximum atomic E-state index is 11.7. The highest BCUT2D eigenvalue weighted by Crippen LogP contribution is 2.30. The van der Waals surface area contributed by atoms with Crippen LogP contribution in [0.25, 0.3) is 0 Å². The number of nitrogens with one attached hydrogen (secondary N) is 2. The maximum Gasteiger partial charge on any atom is 0.251 e. The quantitative estimate of drug-likeness (QED) is 0.758. The molecule has 0 spiro atoms. The van der Waals surface area contributed by atoms with E-state index in [-0.39, 0.29) is 30.1 Å². The van der Waals surface area contributed by atoms with E-state index < -0.39 is 0 Å². The second-order valence-electron chi connectivity index (χ2n) is 4.39. The molecule has 0 aromatic heterocycles. The highest BCUT2D eigenvalue weighted by Gasteiger charge is 2.29. The Bertz CT molecular complexity index is 461. The number of halogens is 1. The van der Waals surface area contributed by atoms with E-state index in [1.54, 1.807) is 24.3 Å². The number of carbonyl (C=O) groups excluding carboxylic acids is 2. The third kappa shape index (κ3) is 4.54. The lowest BCUT2D eigenvalue weighted by Crippen LogP contribution is -2.29. The summed E-state index contributed by atoms with van der Waals surface area (Å²) in [5.41, 5.74) is 6.50. The van der Waals surface area contributed by atoms with Gasteiger partial charge in [0.15, 0.2) is 0 Å². The Hall–Kier alpha value is -1.59. The fourth-order valence-corrected chi connectivity index (χ4v) is 1.62. The summed E-state index contributed by atoms with van der Waals surface area (Å²) < 4.78 is 0. The monoisotopic (exact) mass is 283 g/mol. The van der Waals surface area contributed by atoms with Gasteiger partial charge < -0.3 is 16.4 Å². The van der Waals surface area contributed by atoms with Crippen LogP contribution in [0.15, 0.2) is 24.3 Å². The molecule has 1 aromatic carbocycles. The van der Waals surface area contributed by atoms with Crippen LogP contribution >= 0.6 is 12.4 Å². The topological polar surface area (TPSA) is 84.2 Å². The van der Waals surface area contributed by atoms with Gasteiger partial charge in [0.1, 0.15) is 0 Å². The molecule has 1 fully saturated rings. The Morgan fingerprint density at radius 1 is 1.32 bits per heavy atom. The Morgan fingerprint density at radius 3 is 2.68 bits per heavy atom. The van der Waals surface area contributed by atoms with Crippen molar-refractivity contribution in [2.75, 3.05) is 18.4 Å². The predicted octanol–water partition coefficient (Wildman–Crippen LogP) is 1.15. The van der Waals surface area contributed by atoms with Crippen molar-refractivity contribution >= 4 is 29.9 Å². The number of benzene rings is 1. The molecule has 6 heteroatoms. The molecule has 0 atom stereocenters. The summed E-state index contributed by atoms with van der Waals surface area (Å²) in [4.78, 5) is 23.3. The standard InChI is InChI=1S/C13H17N3O2.ClH/c14-6-7-15-12(17)10-2-1-3-11(8-10)16-13(18)9-4-5-9;/h1-3,8-9H,4-7,14H2,(H,15,17)(H,16,18);1H. The molecule has 1 aliphatic rings. The van der Waals surface area contributed by atoms with Crippen LogP contribution < -0.4 is 16.4 Å². The van der Waals surface area contributed by atoms with Gasteiger partial charge in [0, 0.05) is 30.3 Å². The highest BCUT2D eigenvalue weighted by molar-refractivity contribution is 5.98. The predicted molar refractivity (Wildman–Crippen MR) is 76.4 cm³/mol. The highest BCUT2D eigenvalue weighted by atomic mass is 35.5. The molecule has 1 aromatic rings. The lowest BCUT2D eigenvalue weighted by Gasteiger charge is -2.07. The van der Waals surface area contributed by atoms with E-state index in [4.69, 9.17) is 5.73 Å². The molecule has 0 radical (unpaired) electrons. The van der Waals surface area contributed by atoms with E-state index in [0.29, 0.717) is 24.3 Å². The van der Waals surface area contributed by atoms with Crippen LogP contribution in [0.4, 0.5) is 5.69 Å². The molecule has 0 bridgehead atoms. The largest absolute Gasteiger partial charge is 0.351 e. The molecule has 0 unspecified atom stereocenters. The molecule has 2 amide bonds. The summed E-state index contributed by atoms with van der Waals surface area (Å²) >= 11 is 0. The van der Waals surface area contributed by atoms with Crippen molar-refractivity contribution in [1.29, 1.82) is 0 Å². The summed E-state index contributed by atoms with van der Waals surface area (Å²) in [7, 11) is 0. The minimum atomic E-state index is -0.178. The smallest absolute Gasteiger partial charge is 0.251 e. The number of rotatable bonds is 5. The molecule has 1 aliphatic carbocycles. The number of nitrogens with two attached hydrogens (primary N) is 1. The third-order valence-electron chi connectivity index (χ3n) is 2.77. The van der Waals surface area contributed by atoms with Gasteiger partial charge in [-0.3, -0.25) is 9.59 Å². The second-order valence-corrected chi connectivity index (χ2v) is 4.39. The van der Waals surface area contributed by atoms with Gasteiger partial charge >= 0.3 is 0 Å². The van der Waals surface area contributed by atoms with Gasteiger partial charge in [-0.1, -0.05) is 6.07 Å². The van der Waals surface area contributed by atoms with Crippen molar-refractivity contribution in [2.45, 2.75) is 12.8 Å². The third-order valence-corrected chi connectivity index (χ3v) is 2.77. The fraction of sp³-hybridized carbons (Fsp3) is 0.385. The first-order valence-corrected chi connectivity index (χ1v) is 6.10. The average molecular weight is 284 g/mol. The second kappa shape index (κ2) is 7.11. The van der Waals surface area contributed by atoms with Crippen LogP contribution in [0.3, 0.4) is 0 Å². The Kier molecular flexibility index (Phi) is 5.79. The van der Waals surface area contributed by atoms with E-state index in [1.165, 1.54) is 0 Å². The van der Waals surface area contributed by atoms with Crippen LogP contribution in [0.1, 0.15) is 23.2 Å². The average Bonchev–Trinajstić information content (AvgIpc) is 3.20. The summed E-state index contributed by atoms with van der Waals surface area (Å²) in [6.45, 7) is 0.849. The van der Waals surface area contributed by atoms with E-state index >= 15 is 0 Å². The molecule has 0 heterocycles. The van der Waals surface area contributed by atoms with Crippen LogP contribution in [-0.2, 0) is 4.79 Å². The molecule has 2 rings (SSSR count). The van der Waals surface area contributed by atoms with Gasteiger partial charge in [-0.05, 0) is 31.0 Å². The van der Waals surface area contributed by atoms with Gasteiger partial charge in [0.05, 0.1) is 0 Å². The summed E-state index contributed by atoms with van der Waals surface area (Å²) in [6.07, 6.45) is 1.92. The van der Waals surface area contributed by atoms with E-state index in [0.717, 1.165) is 12.8 Å². The molecule has 5 nitrogen and oxygen atoms in total. The number of carbonyl (C=O) groups is 2. The maximum absolute atomic E-state index is 11.7. The van der Waals surface area contributed by atoms with E-state index in [9.17, 15) is 9.59 Å². The molecular formula is C13H18ClN3O2. The van der Waals surface area contributed by atoms with Crippen LogP contribution in [-0.4, -0.2) is 24.9 Å². The van der Waals surface area contributed by atoms with Gasteiger partial charge in [-0.25, -0.2) is 0 Å².